The van der Waals surface area contributed by atoms with Crippen LogP contribution in [0.15, 0.2) is 44.3 Å². The zero-order valence-corrected chi connectivity index (χ0v) is 12.0. The van der Waals surface area contributed by atoms with Gasteiger partial charge in [0.15, 0.2) is 0 Å². The SMILES string of the molecule is Nc1cc(S(=O)(=O)NCc2ccco2)c(F)cc1Br. The number of benzene rings is 1. The molecule has 0 aliphatic rings. The van der Waals surface area contributed by atoms with Crippen LogP contribution in [0.4, 0.5) is 10.1 Å². The first-order chi connectivity index (χ1) is 8.90. The summed E-state index contributed by atoms with van der Waals surface area (Å²) in [5.74, 6) is -0.456. The van der Waals surface area contributed by atoms with Crippen molar-refractivity contribution in [2.75, 3.05) is 5.73 Å². The molecule has 19 heavy (non-hydrogen) atoms. The average molecular weight is 349 g/mol. The predicted octanol–water partition coefficient (Wildman–Crippen LogP) is 2.24. The topological polar surface area (TPSA) is 85.3 Å². The van der Waals surface area contributed by atoms with Gasteiger partial charge in [0.2, 0.25) is 10.0 Å². The predicted molar refractivity (Wildman–Crippen MR) is 71.2 cm³/mol. The number of sulfonamides is 1. The average Bonchev–Trinajstić information content (AvgIpc) is 2.84. The molecule has 3 N–H and O–H groups in total. The largest absolute Gasteiger partial charge is 0.468 e. The lowest BCUT2D eigenvalue weighted by atomic mass is 10.3. The Bertz CT molecular complexity index is 686. The molecule has 0 amide bonds. The molecule has 0 bridgehead atoms. The molecule has 0 radical (unpaired) electrons. The van der Waals surface area contributed by atoms with Crippen molar-refractivity contribution < 1.29 is 17.2 Å². The van der Waals surface area contributed by atoms with Crippen molar-refractivity contribution in [1.29, 1.82) is 0 Å². The zero-order chi connectivity index (χ0) is 14.0. The van der Waals surface area contributed by atoms with Gasteiger partial charge < -0.3 is 10.2 Å². The van der Waals surface area contributed by atoms with Gasteiger partial charge >= 0.3 is 0 Å². The highest BCUT2D eigenvalue weighted by Gasteiger charge is 2.20. The lowest BCUT2D eigenvalue weighted by molar-refractivity contribution is 0.497. The summed E-state index contributed by atoms with van der Waals surface area (Å²) in [7, 11) is -3.99. The zero-order valence-electron chi connectivity index (χ0n) is 9.56. The Labute approximate surface area is 117 Å². The Kier molecular flexibility index (Phi) is 3.93. The lowest BCUT2D eigenvalue weighted by Crippen LogP contribution is -2.24. The van der Waals surface area contributed by atoms with E-state index in [1.165, 1.54) is 6.26 Å². The molecule has 1 heterocycles. The molecule has 2 aromatic rings. The second kappa shape index (κ2) is 5.32. The number of nitrogens with two attached hydrogens (primary N) is 1. The van der Waals surface area contributed by atoms with Crippen LogP contribution in [0.3, 0.4) is 0 Å². The molecule has 0 saturated carbocycles. The van der Waals surface area contributed by atoms with E-state index in [0.29, 0.717) is 10.2 Å². The van der Waals surface area contributed by atoms with Crippen molar-refractivity contribution in [2.24, 2.45) is 0 Å². The molecule has 102 valence electrons. The lowest BCUT2D eigenvalue weighted by Gasteiger charge is -2.08. The number of furan rings is 1. The molecule has 0 spiro atoms. The van der Waals surface area contributed by atoms with Crippen LogP contribution >= 0.6 is 15.9 Å². The molecule has 0 atom stereocenters. The Balaban J connectivity index is 2.27. The first-order valence-corrected chi connectivity index (χ1v) is 7.44. The highest BCUT2D eigenvalue weighted by Crippen LogP contribution is 2.26. The quantitative estimate of drug-likeness (QED) is 0.829. The molecule has 0 unspecified atom stereocenters. The summed E-state index contributed by atoms with van der Waals surface area (Å²) in [4.78, 5) is -0.500. The van der Waals surface area contributed by atoms with Gasteiger partial charge in [-0.25, -0.2) is 17.5 Å². The number of halogens is 2. The third-order valence-electron chi connectivity index (χ3n) is 2.36. The fraction of sp³-hybridized carbons (Fsp3) is 0.0909. The van der Waals surface area contributed by atoms with Gasteiger partial charge in [0, 0.05) is 10.2 Å². The molecule has 0 aliphatic heterocycles. The third kappa shape index (κ3) is 3.14. The summed E-state index contributed by atoms with van der Waals surface area (Å²) in [6.07, 6.45) is 1.42. The van der Waals surface area contributed by atoms with E-state index in [0.717, 1.165) is 12.1 Å². The molecule has 1 aromatic carbocycles. The van der Waals surface area contributed by atoms with Gasteiger partial charge in [0.05, 0.1) is 12.8 Å². The van der Waals surface area contributed by atoms with E-state index < -0.39 is 20.7 Å². The summed E-state index contributed by atoms with van der Waals surface area (Å²) in [6, 6.07) is 5.30. The molecular formula is C11H10BrFN2O3S. The highest BCUT2D eigenvalue weighted by molar-refractivity contribution is 9.10. The Morgan fingerprint density at radius 1 is 1.42 bits per heavy atom. The standard InChI is InChI=1S/C11H10BrFN2O3S/c12-8-4-9(13)11(5-10(8)14)19(16,17)15-6-7-2-1-3-18-7/h1-5,15H,6,14H2. The van der Waals surface area contributed by atoms with Crippen LogP contribution in [0.25, 0.3) is 0 Å². The van der Waals surface area contributed by atoms with Gasteiger partial charge in [-0.15, -0.1) is 0 Å². The second-order valence-electron chi connectivity index (χ2n) is 3.71. The van der Waals surface area contributed by atoms with Crippen molar-refractivity contribution >= 4 is 31.6 Å². The highest BCUT2D eigenvalue weighted by atomic mass is 79.9. The van der Waals surface area contributed by atoms with Crippen LogP contribution in [0.5, 0.6) is 0 Å². The van der Waals surface area contributed by atoms with Gasteiger partial charge in [-0.1, -0.05) is 0 Å². The van der Waals surface area contributed by atoms with E-state index in [9.17, 15) is 12.8 Å². The fourth-order valence-corrected chi connectivity index (χ4v) is 2.81. The van der Waals surface area contributed by atoms with Crippen molar-refractivity contribution in [3.8, 4) is 0 Å². The smallest absolute Gasteiger partial charge is 0.243 e. The van der Waals surface area contributed by atoms with Crippen molar-refractivity contribution in [3.63, 3.8) is 0 Å². The molecular weight excluding hydrogens is 339 g/mol. The van der Waals surface area contributed by atoms with Gasteiger partial charge in [-0.2, -0.15) is 0 Å². The van der Waals surface area contributed by atoms with Crippen molar-refractivity contribution in [3.05, 3.63) is 46.6 Å². The van der Waals surface area contributed by atoms with E-state index in [1.807, 2.05) is 0 Å². The minimum absolute atomic E-state index is 0.0647. The number of anilines is 1. The van der Waals surface area contributed by atoms with E-state index in [2.05, 4.69) is 20.7 Å². The van der Waals surface area contributed by atoms with E-state index >= 15 is 0 Å². The Morgan fingerprint density at radius 3 is 2.79 bits per heavy atom. The normalized spacial score (nSPS) is 11.7. The monoisotopic (exact) mass is 348 g/mol. The van der Waals surface area contributed by atoms with Crippen molar-refractivity contribution in [1.82, 2.24) is 4.72 Å². The van der Waals surface area contributed by atoms with Crippen LogP contribution < -0.4 is 10.5 Å². The maximum Gasteiger partial charge on any atom is 0.243 e. The van der Waals surface area contributed by atoms with Crippen LogP contribution in [0.1, 0.15) is 5.76 Å². The van der Waals surface area contributed by atoms with Crippen LogP contribution in [-0.2, 0) is 16.6 Å². The Morgan fingerprint density at radius 2 is 2.16 bits per heavy atom. The van der Waals surface area contributed by atoms with Gasteiger partial charge in [0.1, 0.15) is 16.5 Å². The molecule has 0 aliphatic carbocycles. The summed E-state index contributed by atoms with van der Waals surface area (Å²) in [5.41, 5.74) is 5.69. The third-order valence-corrected chi connectivity index (χ3v) is 4.46. The number of rotatable bonds is 4. The number of nitrogen functional groups attached to an aromatic ring is 1. The first kappa shape index (κ1) is 14.0. The molecule has 5 nitrogen and oxygen atoms in total. The fourth-order valence-electron chi connectivity index (χ4n) is 1.41. The number of hydrogen-bond acceptors (Lipinski definition) is 4. The minimum Gasteiger partial charge on any atom is -0.468 e. The number of hydrogen-bond donors (Lipinski definition) is 2. The van der Waals surface area contributed by atoms with E-state index in [4.69, 9.17) is 10.2 Å². The van der Waals surface area contributed by atoms with Crippen LogP contribution in [-0.4, -0.2) is 8.42 Å². The van der Waals surface area contributed by atoms with Crippen molar-refractivity contribution in [2.45, 2.75) is 11.4 Å². The minimum atomic E-state index is -3.99. The van der Waals surface area contributed by atoms with E-state index in [1.54, 1.807) is 12.1 Å². The van der Waals surface area contributed by atoms with Gasteiger partial charge in [0.25, 0.3) is 0 Å². The van der Waals surface area contributed by atoms with Gasteiger partial charge in [-0.05, 0) is 40.2 Å². The van der Waals surface area contributed by atoms with Crippen LogP contribution in [0.2, 0.25) is 0 Å². The summed E-state index contributed by atoms with van der Waals surface area (Å²) in [6.45, 7) is -0.0647. The second-order valence-corrected chi connectivity index (χ2v) is 6.30. The molecule has 1 aromatic heterocycles. The first-order valence-electron chi connectivity index (χ1n) is 5.17. The maximum absolute atomic E-state index is 13.7. The molecule has 0 saturated heterocycles. The van der Waals surface area contributed by atoms with Gasteiger partial charge in [-0.3, -0.25) is 0 Å². The molecule has 2 rings (SSSR count). The maximum atomic E-state index is 13.7. The molecule has 0 fully saturated rings. The Hall–Kier alpha value is -1.38. The van der Waals surface area contributed by atoms with Crippen LogP contribution in [0, 0.1) is 5.82 Å². The molecule has 8 heteroatoms. The summed E-state index contributed by atoms with van der Waals surface area (Å²) in [5, 5.41) is 0. The number of nitrogens with one attached hydrogen (secondary N) is 1. The summed E-state index contributed by atoms with van der Waals surface area (Å²) < 4.78 is 45.1. The summed E-state index contributed by atoms with van der Waals surface area (Å²) >= 11 is 3.02. The van der Waals surface area contributed by atoms with E-state index in [-0.39, 0.29) is 12.2 Å².